The van der Waals surface area contributed by atoms with E-state index in [4.69, 9.17) is 14.2 Å². The summed E-state index contributed by atoms with van der Waals surface area (Å²) in [6.07, 6.45) is 7.22. The maximum atomic E-state index is 14.2. The monoisotopic (exact) mass is 643 g/mol. The van der Waals surface area contributed by atoms with E-state index in [9.17, 15) is 28.8 Å². The number of pyridine rings is 1. The summed E-state index contributed by atoms with van der Waals surface area (Å²) >= 11 is 0. The summed E-state index contributed by atoms with van der Waals surface area (Å²) in [5.41, 5.74) is -0.0284. The molecule has 2 heterocycles. The molecule has 3 N–H and O–H groups in total. The third-order valence-corrected chi connectivity index (χ3v) is 8.18. The minimum Gasteiger partial charge on any atom is -0.494 e. The van der Waals surface area contributed by atoms with Crippen molar-refractivity contribution >= 4 is 35.4 Å². The van der Waals surface area contributed by atoms with Crippen LogP contribution in [0.5, 0.6) is 11.6 Å². The Kier molecular flexibility index (Phi) is 14.0. The predicted octanol–water partition coefficient (Wildman–Crippen LogP) is 1.47. The van der Waals surface area contributed by atoms with Gasteiger partial charge in [-0.25, -0.2) is 4.98 Å². The molecule has 1 aliphatic carbocycles. The van der Waals surface area contributed by atoms with Gasteiger partial charge in [-0.3, -0.25) is 28.8 Å². The lowest BCUT2D eigenvalue weighted by atomic mass is 9.83. The number of methoxy groups -OCH3 is 2. The summed E-state index contributed by atoms with van der Waals surface area (Å²) in [7, 11) is 2.84. The first-order chi connectivity index (χ1) is 22.1. The van der Waals surface area contributed by atoms with Crippen LogP contribution in [0.3, 0.4) is 0 Å². The fraction of sp³-hybridized carbons (Fsp3) is 0.594. The van der Waals surface area contributed by atoms with Gasteiger partial charge in [0.2, 0.25) is 23.5 Å². The number of aromatic nitrogens is 1. The molecular weight excluding hydrogens is 598 g/mol. The van der Waals surface area contributed by atoms with Crippen molar-refractivity contribution in [1.29, 1.82) is 0 Å². The number of Topliss-reactive ketones (excluding diaryl/α,β-unsaturated/α-hetero) is 1. The Morgan fingerprint density at radius 1 is 1.02 bits per heavy atom. The van der Waals surface area contributed by atoms with Crippen molar-refractivity contribution < 1.29 is 43.0 Å². The highest BCUT2D eigenvalue weighted by molar-refractivity contribution is 6.38. The molecule has 1 unspecified atom stereocenters. The standard InChI is InChI=1S/C32H45N5O9/c1-5-11-21(28(39)31(42)33-19-25(38)46-18-6-2)34-29(40)22-14-10-17-37(22)32(43)26(20-12-8-7-9-13-20)36-30(41)27-23(44-3)15-16-24(35-27)45-4/h6,15-16,20-22,26H,2,5,7-14,17-19H2,1,3-4H3,(H,33,42)(H,34,40)(H,36,41)/t21?,22-,26-/m0/s1. The first-order valence-corrected chi connectivity index (χ1v) is 15.7. The summed E-state index contributed by atoms with van der Waals surface area (Å²) in [6, 6.07) is 0.148. The highest BCUT2D eigenvalue weighted by Crippen LogP contribution is 2.30. The molecular formula is C32H45N5O9. The van der Waals surface area contributed by atoms with E-state index in [2.05, 4.69) is 27.5 Å². The van der Waals surface area contributed by atoms with Crippen molar-refractivity contribution in [3.63, 3.8) is 0 Å². The number of nitrogens with one attached hydrogen (secondary N) is 3. The van der Waals surface area contributed by atoms with E-state index >= 15 is 0 Å². The van der Waals surface area contributed by atoms with Gasteiger partial charge in [0.1, 0.15) is 31.0 Å². The molecule has 0 spiro atoms. The van der Waals surface area contributed by atoms with E-state index < -0.39 is 60.1 Å². The Bertz CT molecular complexity index is 1280. The summed E-state index contributed by atoms with van der Waals surface area (Å²) < 4.78 is 15.3. The summed E-state index contributed by atoms with van der Waals surface area (Å²) in [5, 5.41) is 7.77. The molecule has 1 saturated heterocycles. The number of hydrogen-bond donors (Lipinski definition) is 3. The van der Waals surface area contributed by atoms with Crippen LogP contribution in [0, 0.1) is 5.92 Å². The normalized spacial score (nSPS) is 17.6. The van der Waals surface area contributed by atoms with E-state index in [1.807, 2.05) is 0 Å². The van der Waals surface area contributed by atoms with E-state index in [1.165, 1.54) is 25.2 Å². The van der Waals surface area contributed by atoms with Crippen molar-refractivity contribution in [2.24, 2.45) is 5.92 Å². The largest absolute Gasteiger partial charge is 0.494 e. The number of ether oxygens (including phenoxy) is 3. The molecule has 252 valence electrons. The van der Waals surface area contributed by atoms with Crippen molar-refractivity contribution in [3.05, 3.63) is 30.5 Å². The number of carbonyl (C=O) groups is 6. The minimum absolute atomic E-state index is 0.0284. The Labute approximate surface area is 269 Å². The topological polar surface area (TPSA) is 182 Å². The van der Waals surface area contributed by atoms with Crippen LogP contribution in [0.2, 0.25) is 0 Å². The Balaban J connectivity index is 1.76. The molecule has 0 bridgehead atoms. The average molecular weight is 644 g/mol. The van der Waals surface area contributed by atoms with Crippen LogP contribution in [-0.2, 0) is 28.7 Å². The van der Waals surface area contributed by atoms with Crippen LogP contribution < -0.4 is 25.4 Å². The van der Waals surface area contributed by atoms with Gasteiger partial charge in [-0.1, -0.05) is 45.3 Å². The number of carbonyl (C=O) groups excluding carboxylic acids is 6. The van der Waals surface area contributed by atoms with Crippen LogP contribution in [0.15, 0.2) is 24.8 Å². The van der Waals surface area contributed by atoms with Gasteiger partial charge in [-0.15, -0.1) is 0 Å². The van der Waals surface area contributed by atoms with Gasteiger partial charge in [0.25, 0.3) is 11.8 Å². The summed E-state index contributed by atoms with van der Waals surface area (Å²) in [5.74, 6) is -3.97. The second kappa shape index (κ2) is 17.9. The number of hydrogen-bond acceptors (Lipinski definition) is 10. The maximum Gasteiger partial charge on any atom is 0.325 e. The van der Waals surface area contributed by atoms with Crippen molar-refractivity contribution in [2.75, 3.05) is 33.9 Å². The number of esters is 1. The number of nitrogens with zero attached hydrogens (tertiary/aromatic N) is 2. The molecule has 1 aliphatic heterocycles. The zero-order chi connectivity index (χ0) is 33.6. The van der Waals surface area contributed by atoms with Crippen LogP contribution in [0.4, 0.5) is 0 Å². The van der Waals surface area contributed by atoms with Gasteiger partial charge in [0.15, 0.2) is 5.69 Å². The molecule has 2 fully saturated rings. The molecule has 4 amide bonds. The van der Waals surface area contributed by atoms with E-state index in [0.29, 0.717) is 19.3 Å². The lowest BCUT2D eigenvalue weighted by molar-refractivity contribution is -0.145. The number of amides is 4. The number of likely N-dealkylation sites (tertiary alicyclic amines) is 1. The SMILES string of the molecule is C=CCOC(=O)CNC(=O)C(=O)C(CCC)NC(=O)[C@@H]1CCCN1C(=O)[C@@H](NC(=O)c1nc(OC)ccc1OC)C1CCCCC1. The van der Waals surface area contributed by atoms with E-state index in [-0.39, 0.29) is 42.8 Å². The maximum absolute atomic E-state index is 14.2. The quantitative estimate of drug-likeness (QED) is 0.136. The molecule has 3 rings (SSSR count). The molecule has 0 radical (unpaired) electrons. The smallest absolute Gasteiger partial charge is 0.325 e. The highest BCUT2D eigenvalue weighted by atomic mass is 16.5. The van der Waals surface area contributed by atoms with Crippen LogP contribution >= 0.6 is 0 Å². The van der Waals surface area contributed by atoms with Crippen molar-refractivity contribution in [3.8, 4) is 11.6 Å². The second-order valence-corrected chi connectivity index (χ2v) is 11.3. The minimum atomic E-state index is -1.15. The third kappa shape index (κ3) is 9.51. The van der Waals surface area contributed by atoms with Gasteiger partial charge in [-0.05, 0) is 44.1 Å². The summed E-state index contributed by atoms with van der Waals surface area (Å²) in [4.78, 5) is 84.1. The van der Waals surface area contributed by atoms with Gasteiger partial charge < -0.3 is 35.1 Å². The molecule has 2 aliphatic rings. The summed E-state index contributed by atoms with van der Waals surface area (Å²) in [6.45, 7) is 4.97. The zero-order valence-corrected chi connectivity index (χ0v) is 26.8. The molecule has 0 aromatic carbocycles. The molecule has 3 atom stereocenters. The molecule has 14 nitrogen and oxygen atoms in total. The van der Waals surface area contributed by atoms with Crippen molar-refractivity contribution in [2.45, 2.75) is 82.8 Å². The van der Waals surface area contributed by atoms with E-state index in [1.54, 1.807) is 19.1 Å². The van der Waals surface area contributed by atoms with Crippen LogP contribution in [0.1, 0.15) is 75.2 Å². The molecule has 14 heteroatoms. The molecule has 46 heavy (non-hydrogen) atoms. The number of ketones is 1. The van der Waals surface area contributed by atoms with Gasteiger partial charge in [0.05, 0.1) is 20.3 Å². The predicted molar refractivity (Wildman–Crippen MR) is 166 cm³/mol. The van der Waals surface area contributed by atoms with E-state index in [0.717, 1.165) is 32.1 Å². The zero-order valence-electron chi connectivity index (χ0n) is 26.8. The Morgan fingerprint density at radius 2 is 1.76 bits per heavy atom. The fourth-order valence-electron chi connectivity index (χ4n) is 5.84. The van der Waals surface area contributed by atoms with Gasteiger partial charge in [0, 0.05) is 12.6 Å². The first-order valence-electron chi connectivity index (χ1n) is 15.7. The van der Waals surface area contributed by atoms with Gasteiger partial charge in [-0.2, -0.15) is 0 Å². The lowest BCUT2D eigenvalue weighted by Gasteiger charge is -2.35. The average Bonchev–Trinajstić information content (AvgIpc) is 3.58. The van der Waals surface area contributed by atoms with Crippen LogP contribution in [0.25, 0.3) is 0 Å². The molecule has 1 saturated carbocycles. The fourth-order valence-corrected chi connectivity index (χ4v) is 5.84. The first kappa shape index (κ1) is 36.0. The highest BCUT2D eigenvalue weighted by Gasteiger charge is 2.42. The van der Waals surface area contributed by atoms with Crippen LogP contribution in [-0.4, -0.2) is 97.3 Å². The van der Waals surface area contributed by atoms with Crippen molar-refractivity contribution in [1.82, 2.24) is 25.8 Å². The van der Waals surface area contributed by atoms with Gasteiger partial charge >= 0.3 is 5.97 Å². The number of rotatable bonds is 16. The second-order valence-electron chi connectivity index (χ2n) is 11.3. The molecule has 1 aromatic rings. The molecule has 1 aromatic heterocycles. The third-order valence-electron chi connectivity index (χ3n) is 8.18. The Morgan fingerprint density at radius 3 is 2.41 bits per heavy atom. The Hall–Kier alpha value is -4.49. The lowest BCUT2D eigenvalue weighted by Crippen LogP contribution is -2.58.